The molecule has 0 bridgehead atoms. The second-order valence-corrected chi connectivity index (χ2v) is 5.63. The van der Waals surface area contributed by atoms with E-state index in [1.165, 1.54) is 11.6 Å². The van der Waals surface area contributed by atoms with Gasteiger partial charge in [-0.05, 0) is 39.9 Å². The van der Waals surface area contributed by atoms with Gasteiger partial charge in [-0.2, -0.15) is 0 Å². The summed E-state index contributed by atoms with van der Waals surface area (Å²) in [5, 5.41) is 2.95. The van der Waals surface area contributed by atoms with Gasteiger partial charge in [-0.1, -0.05) is 37.3 Å². The van der Waals surface area contributed by atoms with Gasteiger partial charge in [-0.25, -0.2) is 8.78 Å². The Labute approximate surface area is 126 Å². The van der Waals surface area contributed by atoms with Crippen LogP contribution in [0, 0.1) is 11.6 Å². The Balaban J connectivity index is 1.92. The molecule has 1 nitrogen and oxygen atoms in total. The molecule has 2 rings (SSSR count). The van der Waals surface area contributed by atoms with Crippen LogP contribution in [0.25, 0.3) is 0 Å². The lowest BCUT2D eigenvalue weighted by Gasteiger charge is -2.13. The van der Waals surface area contributed by atoms with Crippen LogP contribution in [0.1, 0.15) is 24.8 Å². The van der Waals surface area contributed by atoms with E-state index < -0.39 is 11.6 Å². The van der Waals surface area contributed by atoms with Crippen LogP contribution in [0.3, 0.4) is 0 Å². The molecule has 0 aliphatic rings. The second-order valence-electron chi connectivity index (χ2n) is 4.77. The maximum Gasteiger partial charge on any atom is 0.147 e. The topological polar surface area (TPSA) is 12.0 Å². The summed E-state index contributed by atoms with van der Waals surface area (Å²) in [6, 6.07) is 12.4. The summed E-state index contributed by atoms with van der Waals surface area (Å²) in [4.78, 5) is 0. The van der Waals surface area contributed by atoms with Crippen LogP contribution >= 0.6 is 15.9 Å². The molecular weight excluding hydrogens is 324 g/mol. The highest BCUT2D eigenvalue weighted by atomic mass is 79.9. The quantitative estimate of drug-likeness (QED) is 0.725. The van der Waals surface area contributed by atoms with Crippen LogP contribution in [-0.2, 0) is 0 Å². The predicted molar refractivity (Wildman–Crippen MR) is 82.0 cm³/mol. The number of hydrogen-bond acceptors (Lipinski definition) is 1. The average molecular weight is 340 g/mol. The number of anilines is 1. The minimum absolute atomic E-state index is 0.137. The lowest BCUT2D eigenvalue weighted by atomic mass is 9.98. The van der Waals surface area contributed by atoms with Crippen molar-refractivity contribution in [2.24, 2.45) is 0 Å². The van der Waals surface area contributed by atoms with E-state index in [0.29, 0.717) is 12.5 Å². The minimum Gasteiger partial charge on any atom is -0.383 e. The summed E-state index contributed by atoms with van der Waals surface area (Å²) in [6.45, 7) is 2.71. The van der Waals surface area contributed by atoms with E-state index in [9.17, 15) is 8.78 Å². The van der Waals surface area contributed by atoms with Gasteiger partial charge in [0.15, 0.2) is 0 Å². The largest absolute Gasteiger partial charge is 0.383 e. The Morgan fingerprint density at radius 3 is 2.50 bits per heavy atom. The molecule has 0 spiro atoms. The monoisotopic (exact) mass is 339 g/mol. The van der Waals surface area contributed by atoms with Crippen LogP contribution in [0.4, 0.5) is 14.5 Å². The third-order valence-corrected chi connectivity index (χ3v) is 3.88. The van der Waals surface area contributed by atoms with Crippen molar-refractivity contribution in [2.75, 3.05) is 11.9 Å². The molecular formula is C16H16BrF2N. The molecule has 0 aromatic heterocycles. The van der Waals surface area contributed by atoms with Gasteiger partial charge in [-0.3, -0.25) is 0 Å². The zero-order valence-corrected chi connectivity index (χ0v) is 12.8. The Hall–Kier alpha value is -1.42. The molecule has 2 aromatic rings. The van der Waals surface area contributed by atoms with Crippen LogP contribution in [0.5, 0.6) is 0 Å². The molecule has 2 aromatic carbocycles. The molecule has 1 atom stereocenters. The molecule has 106 valence electrons. The van der Waals surface area contributed by atoms with Gasteiger partial charge in [0, 0.05) is 12.6 Å². The molecule has 4 heteroatoms. The average Bonchev–Trinajstić information content (AvgIpc) is 2.45. The molecule has 0 fully saturated rings. The third-order valence-electron chi connectivity index (χ3n) is 3.27. The SMILES string of the molecule is CC(CCNc1cc(F)c(Br)cc1F)c1ccccc1. The first-order chi connectivity index (χ1) is 9.58. The Kier molecular flexibility index (Phi) is 5.12. The summed E-state index contributed by atoms with van der Waals surface area (Å²) in [7, 11) is 0. The van der Waals surface area contributed by atoms with E-state index in [4.69, 9.17) is 0 Å². The highest BCUT2D eigenvalue weighted by Gasteiger charge is 2.09. The lowest BCUT2D eigenvalue weighted by Crippen LogP contribution is -2.07. The third kappa shape index (κ3) is 3.79. The first kappa shape index (κ1) is 15.0. The predicted octanol–water partition coefficient (Wildman–Crippen LogP) is 5.33. The van der Waals surface area contributed by atoms with Crippen molar-refractivity contribution >= 4 is 21.6 Å². The number of benzene rings is 2. The van der Waals surface area contributed by atoms with Crippen LogP contribution in [0.15, 0.2) is 46.9 Å². The summed E-state index contributed by atoms with van der Waals surface area (Å²) in [5.41, 5.74) is 1.45. The van der Waals surface area contributed by atoms with Gasteiger partial charge >= 0.3 is 0 Å². The zero-order chi connectivity index (χ0) is 14.5. The lowest BCUT2D eigenvalue weighted by molar-refractivity contribution is 0.595. The van der Waals surface area contributed by atoms with Gasteiger partial charge in [0.25, 0.3) is 0 Å². The van der Waals surface area contributed by atoms with Gasteiger partial charge in [0.05, 0.1) is 10.2 Å². The number of halogens is 3. The van der Waals surface area contributed by atoms with Gasteiger partial charge in [0.2, 0.25) is 0 Å². The minimum atomic E-state index is -0.468. The van der Waals surface area contributed by atoms with Crippen LogP contribution < -0.4 is 5.32 Å². The Morgan fingerprint density at radius 1 is 1.10 bits per heavy atom. The van der Waals surface area contributed by atoms with Crippen molar-refractivity contribution in [1.29, 1.82) is 0 Å². The Bertz CT molecular complexity index is 572. The summed E-state index contributed by atoms with van der Waals surface area (Å²) >= 11 is 2.96. The molecule has 0 saturated carbocycles. The molecule has 0 radical (unpaired) electrons. The fourth-order valence-electron chi connectivity index (χ4n) is 2.03. The molecule has 0 saturated heterocycles. The molecule has 0 aliphatic carbocycles. The molecule has 20 heavy (non-hydrogen) atoms. The van der Waals surface area contributed by atoms with Crippen molar-refractivity contribution in [3.63, 3.8) is 0 Å². The fourth-order valence-corrected chi connectivity index (χ4v) is 2.35. The van der Waals surface area contributed by atoms with Gasteiger partial charge in [-0.15, -0.1) is 0 Å². The Morgan fingerprint density at radius 2 is 1.80 bits per heavy atom. The van der Waals surface area contributed by atoms with E-state index in [-0.39, 0.29) is 10.2 Å². The summed E-state index contributed by atoms with van der Waals surface area (Å²) in [6.07, 6.45) is 0.848. The maximum atomic E-state index is 13.6. The maximum absolute atomic E-state index is 13.6. The second kappa shape index (κ2) is 6.84. The highest BCUT2D eigenvalue weighted by Crippen LogP contribution is 2.24. The zero-order valence-electron chi connectivity index (χ0n) is 11.2. The van der Waals surface area contributed by atoms with Crippen LogP contribution in [0.2, 0.25) is 0 Å². The van der Waals surface area contributed by atoms with E-state index in [2.05, 4.69) is 40.3 Å². The van der Waals surface area contributed by atoms with E-state index in [1.807, 2.05) is 18.2 Å². The van der Waals surface area contributed by atoms with Crippen molar-refractivity contribution in [2.45, 2.75) is 19.3 Å². The van der Waals surface area contributed by atoms with E-state index in [0.717, 1.165) is 12.5 Å². The first-order valence-electron chi connectivity index (χ1n) is 6.51. The smallest absolute Gasteiger partial charge is 0.147 e. The van der Waals surface area contributed by atoms with Gasteiger partial charge in [0.1, 0.15) is 11.6 Å². The summed E-state index contributed by atoms with van der Waals surface area (Å²) in [5.74, 6) is -0.553. The van der Waals surface area contributed by atoms with Crippen molar-refractivity contribution in [3.05, 3.63) is 64.1 Å². The highest BCUT2D eigenvalue weighted by molar-refractivity contribution is 9.10. The molecule has 0 heterocycles. The summed E-state index contributed by atoms with van der Waals surface area (Å²) < 4.78 is 27.1. The van der Waals surface area contributed by atoms with Crippen molar-refractivity contribution < 1.29 is 8.78 Å². The van der Waals surface area contributed by atoms with E-state index in [1.54, 1.807) is 0 Å². The van der Waals surface area contributed by atoms with Crippen molar-refractivity contribution in [1.82, 2.24) is 0 Å². The number of nitrogens with one attached hydrogen (secondary N) is 1. The standard InChI is InChI=1S/C16H16BrF2N/c1-11(12-5-3-2-4-6-12)7-8-20-16-10-14(18)13(17)9-15(16)19/h2-6,9-11,20H,7-8H2,1H3. The first-order valence-corrected chi connectivity index (χ1v) is 7.30. The van der Waals surface area contributed by atoms with Crippen molar-refractivity contribution in [3.8, 4) is 0 Å². The number of rotatable bonds is 5. The van der Waals surface area contributed by atoms with Gasteiger partial charge < -0.3 is 5.32 Å². The van der Waals surface area contributed by atoms with E-state index >= 15 is 0 Å². The molecule has 1 unspecified atom stereocenters. The normalized spacial score (nSPS) is 12.2. The molecule has 1 N–H and O–H groups in total. The van der Waals surface area contributed by atoms with Crippen LogP contribution in [-0.4, -0.2) is 6.54 Å². The molecule has 0 amide bonds. The fraction of sp³-hybridized carbons (Fsp3) is 0.250. The number of hydrogen-bond donors (Lipinski definition) is 1. The molecule has 0 aliphatic heterocycles.